The molecule has 1 fully saturated rings. The summed E-state index contributed by atoms with van der Waals surface area (Å²) in [5.41, 5.74) is 2.98. The van der Waals surface area contributed by atoms with E-state index in [2.05, 4.69) is 31.2 Å². The number of rotatable bonds is 4. The SMILES string of the molecule is CC(CO)Cc1ccccc1C1CCC1. The Morgan fingerprint density at radius 2 is 2.07 bits per heavy atom. The molecule has 1 saturated carbocycles. The Balaban J connectivity index is 2.14. The molecule has 0 aromatic heterocycles. The van der Waals surface area contributed by atoms with E-state index in [0.717, 1.165) is 12.3 Å². The number of aliphatic hydroxyl groups is 1. The van der Waals surface area contributed by atoms with Gasteiger partial charge in [-0.1, -0.05) is 37.6 Å². The second-order valence-corrected chi connectivity index (χ2v) is 4.82. The molecule has 2 rings (SSSR count). The van der Waals surface area contributed by atoms with Gasteiger partial charge in [-0.05, 0) is 42.2 Å². The first-order valence-corrected chi connectivity index (χ1v) is 6.00. The third kappa shape index (κ3) is 2.40. The van der Waals surface area contributed by atoms with Crippen LogP contribution in [0.4, 0.5) is 0 Å². The fourth-order valence-electron chi connectivity index (χ4n) is 2.28. The maximum absolute atomic E-state index is 9.10. The number of hydrogen-bond donors (Lipinski definition) is 1. The molecule has 0 bridgehead atoms. The van der Waals surface area contributed by atoms with E-state index in [-0.39, 0.29) is 0 Å². The minimum absolute atomic E-state index is 0.291. The molecule has 1 nitrogen and oxygen atoms in total. The van der Waals surface area contributed by atoms with Crippen molar-refractivity contribution in [2.45, 2.75) is 38.5 Å². The average molecular weight is 204 g/mol. The van der Waals surface area contributed by atoms with Crippen LogP contribution >= 0.6 is 0 Å². The molecule has 0 amide bonds. The van der Waals surface area contributed by atoms with Crippen molar-refractivity contribution in [3.63, 3.8) is 0 Å². The van der Waals surface area contributed by atoms with Gasteiger partial charge in [0, 0.05) is 6.61 Å². The van der Waals surface area contributed by atoms with Crippen LogP contribution in [0, 0.1) is 5.92 Å². The van der Waals surface area contributed by atoms with Crippen molar-refractivity contribution in [3.8, 4) is 0 Å². The zero-order valence-corrected chi connectivity index (χ0v) is 9.45. The molecule has 15 heavy (non-hydrogen) atoms. The van der Waals surface area contributed by atoms with Crippen LogP contribution in [0.5, 0.6) is 0 Å². The van der Waals surface area contributed by atoms with Crippen LogP contribution in [0.25, 0.3) is 0 Å². The number of aliphatic hydroxyl groups excluding tert-OH is 1. The third-order valence-electron chi connectivity index (χ3n) is 3.48. The highest BCUT2D eigenvalue weighted by molar-refractivity contribution is 5.32. The summed E-state index contributed by atoms with van der Waals surface area (Å²) in [5, 5.41) is 9.10. The Morgan fingerprint density at radius 1 is 1.33 bits per heavy atom. The van der Waals surface area contributed by atoms with Gasteiger partial charge in [-0.3, -0.25) is 0 Å². The summed E-state index contributed by atoms with van der Waals surface area (Å²) in [6, 6.07) is 8.74. The molecule has 82 valence electrons. The standard InChI is InChI=1S/C14H20O/c1-11(10-15)9-13-5-2-3-8-14(13)12-6-4-7-12/h2-3,5,8,11-12,15H,4,6-7,9-10H2,1H3. The summed E-state index contributed by atoms with van der Waals surface area (Å²) in [4.78, 5) is 0. The molecule has 0 aliphatic heterocycles. The van der Waals surface area contributed by atoms with Gasteiger partial charge in [-0.15, -0.1) is 0 Å². The first-order chi connectivity index (χ1) is 7.31. The lowest BCUT2D eigenvalue weighted by Gasteiger charge is -2.28. The quantitative estimate of drug-likeness (QED) is 0.799. The van der Waals surface area contributed by atoms with Crippen LogP contribution in [0.2, 0.25) is 0 Å². The summed E-state index contributed by atoms with van der Waals surface area (Å²) in [6.07, 6.45) is 5.10. The number of benzene rings is 1. The van der Waals surface area contributed by atoms with E-state index >= 15 is 0 Å². The molecule has 1 aliphatic carbocycles. The van der Waals surface area contributed by atoms with Crippen LogP contribution in [-0.4, -0.2) is 11.7 Å². The van der Waals surface area contributed by atoms with E-state index < -0.39 is 0 Å². The van der Waals surface area contributed by atoms with Gasteiger partial charge in [0.15, 0.2) is 0 Å². The molecular formula is C14H20O. The fourth-order valence-corrected chi connectivity index (χ4v) is 2.28. The van der Waals surface area contributed by atoms with Crippen LogP contribution in [0.3, 0.4) is 0 Å². The zero-order valence-electron chi connectivity index (χ0n) is 9.45. The average Bonchev–Trinajstić information content (AvgIpc) is 2.18. The molecule has 1 N–H and O–H groups in total. The van der Waals surface area contributed by atoms with Gasteiger partial charge in [0.1, 0.15) is 0 Å². The lowest BCUT2D eigenvalue weighted by molar-refractivity contribution is 0.236. The summed E-state index contributed by atoms with van der Waals surface area (Å²) < 4.78 is 0. The molecule has 1 unspecified atom stereocenters. The topological polar surface area (TPSA) is 20.2 Å². The van der Waals surface area contributed by atoms with Crippen LogP contribution in [-0.2, 0) is 6.42 Å². The van der Waals surface area contributed by atoms with E-state index in [1.54, 1.807) is 0 Å². The molecule has 0 heterocycles. The predicted octanol–water partition coefficient (Wildman–Crippen LogP) is 3.13. The fraction of sp³-hybridized carbons (Fsp3) is 0.571. The Bertz CT molecular complexity index is 315. The molecule has 1 heteroatoms. The summed E-state index contributed by atoms with van der Waals surface area (Å²) in [5.74, 6) is 1.18. The highest BCUT2D eigenvalue weighted by Crippen LogP contribution is 2.38. The molecule has 0 spiro atoms. The van der Waals surface area contributed by atoms with Gasteiger partial charge in [0.25, 0.3) is 0 Å². The maximum atomic E-state index is 9.10. The molecular weight excluding hydrogens is 184 g/mol. The maximum Gasteiger partial charge on any atom is 0.0459 e. The summed E-state index contributed by atoms with van der Waals surface area (Å²) in [6.45, 7) is 2.40. The van der Waals surface area contributed by atoms with Crippen molar-refractivity contribution in [2.75, 3.05) is 6.61 Å². The monoisotopic (exact) mass is 204 g/mol. The van der Waals surface area contributed by atoms with Crippen molar-refractivity contribution < 1.29 is 5.11 Å². The van der Waals surface area contributed by atoms with E-state index in [4.69, 9.17) is 5.11 Å². The molecule has 1 atom stereocenters. The highest BCUT2D eigenvalue weighted by Gasteiger charge is 2.21. The predicted molar refractivity (Wildman–Crippen MR) is 63.0 cm³/mol. The van der Waals surface area contributed by atoms with Crippen molar-refractivity contribution in [2.24, 2.45) is 5.92 Å². The second kappa shape index (κ2) is 4.80. The van der Waals surface area contributed by atoms with Crippen molar-refractivity contribution in [3.05, 3.63) is 35.4 Å². The van der Waals surface area contributed by atoms with Gasteiger partial charge >= 0.3 is 0 Å². The van der Waals surface area contributed by atoms with E-state index in [9.17, 15) is 0 Å². The van der Waals surface area contributed by atoms with Crippen LogP contribution in [0.15, 0.2) is 24.3 Å². The number of hydrogen-bond acceptors (Lipinski definition) is 1. The molecule has 1 aromatic rings. The first kappa shape index (κ1) is 10.7. The van der Waals surface area contributed by atoms with Crippen molar-refractivity contribution >= 4 is 0 Å². The zero-order chi connectivity index (χ0) is 10.7. The molecule has 1 aliphatic rings. The van der Waals surface area contributed by atoms with Gasteiger partial charge in [0.2, 0.25) is 0 Å². The second-order valence-electron chi connectivity index (χ2n) is 4.82. The Hall–Kier alpha value is -0.820. The Labute approximate surface area is 92.1 Å². The van der Waals surface area contributed by atoms with Crippen LogP contribution in [0.1, 0.15) is 43.2 Å². The normalized spacial score (nSPS) is 18.5. The van der Waals surface area contributed by atoms with Gasteiger partial charge in [-0.25, -0.2) is 0 Å². The highest BCUT2D eigenvalue weighted by atomic mass is 16.3. The Kier molecular flexibility index (Phi) is 3.42. The van der Waals surface area contributed by atoms with Crippen LogP contribution < -0.4 is 0 Å². The lowest BCUT2D eigenvalue weighted by Crippen LogP contribution is -2.13. The van der Waals surface area contributed by atoms with Crippen molar-refractivity contribution in [1.82, 2.24) is 0 Å². The largest absolute Gasteiger partial charge is 0.396 e. The van der Waals surface area contributed by atoms with E-state index in [0.29, 0.717) is 12.5 Å². The van der Waals surface area contributed by atoms with Crippen molar-refractivity contribution in [1.29, 1.82) is 0 Å². The molecule has 0 saturated heterocycles. The summed E-state index contributed by atoms with van der Waals surface area (Å²) in [7, 11) is 0. The molecule has 0 radical (unpaired) electrons. The summed E-state index contributed by atoms with van der Waals surface area (Å²) >= 11 is 0. The van der Waals surface area contributed by atoms with Gasteiger partial charge in [-0.2, -0.15) is 0 Å². The van der Waals surface area contributed by atoms with Gasteiger partial charge in [0.05, 0.1) is 0 Å². The molecule has 1 aromatic carbocycles. The minimum atomic E-state index is 0.291. The lowest BCUT2D eigenvalue weighted by atomic mass is 9.77. The smallest absolute Gasteiger partial charge is 0.0459 e. The van der Waals surface area contributed by atoms with E-state index in [1.807, 2.05) is 0 Å². The third-order valence-corrected chi connectivity index (χ3v) is 3.48. The Morgan fingerprint density at radius 3 is 2.67 bits per heavy atom. The first-order valence-electron chi connectivity index (χ1n) is 6.00. The minimum Gasteiger partial charge on any atom is -0.396 e. The van der Waals surface area contributed by atoms with E-state index in [1.165, 1.54) is 30.4 Å². The van der Waals surface area contributed by atoms with Gasteiger partial charge < -0.3 is 5.11 Å².